The first-order valence-electron chi connectivity index (χ1n) is 7.64. The van der Waals surface area contributed by atoms with Gasteiger partial charge >= 0.3 is 12.1 Å². The lowest BCUT2D eigenvalue weighted by Crippen LogP contribution is -2.28. The van der Waals surface area contributed by atoms with E-state index < -0.39 is 17.9 Å². The smallest absolute Gasteiger partial charge is 0.412 e. The Kier molecular flexibility index (Phi) is 6.73. The highest BCUT2D eigenvalue weighted by Crippen LogP contribution is 2.20. The van der Waals surface area contributed by atoms with E-state index in [-0.39, 0.29) is 18.1 Å². The summed E-state index contributed by atoms with van der Waals surface area (Å²) in [7, 11) is 2.50. The molecule has 0 aliphatic heterocycles. The van der Waals surface area contributed by atoms with Crippen molar-refractivity contribution in [2.45, 2.75) is 6.61 Å². The van der Waals surface area contributed by atoms with Crippen LogP contribution >= 0.6 is 0 Å². The lowest BCUT2D eigenvalue weighted by atomic mass is 10.1. The van der Waals surface area contributed by atoms with E-state index in [1.165, 1.54) is 38.5 Å². The molecule has 136 valence electrons. The first-order valence-corrected chi connectivity index (χ1v) is 7.64. The molecule has 0 heterocycles. The summed E-state index contributed by atoms with van der Waals surface area (Å²) >= 11 is 0. The number of alkyl carbamates (subject to hydrolysis) is 1. The number of benzene rings is 2. The minimum atomic E-state index is -0.820. The molecule has 1 amide bonds. The zero-order valence-corrected chi connectivity index (χ0v) is 14.3. The molecule has 0 aliphatic carbocycles. The van der Waals surface area contributed by atoms with Crippen molar-refractivity contribution in [3.05, 3.63) is 71.2 Å². The predicted molar refractivity (Wildman–Crippen MR) is 92.7 cm³/mol. The Bertz CT molecular complexity index is 805. The molecule has 0 aromatic heterocycles. The van der Waals surface area contributed by atoms with Crippen molar-refractivity contribution in [1.29, 1.82) is 0 Å². The maximum absolute atomic E-state index is 13.5. The van der Waals surface area contributed by atoms with Crippen LogP contribution in [0.1, 0.15) is 11.1 Å². The normalized spacial score (nSPS) is 10.8. The number of nitrogens with one attached hydrogen (secondary N) is 1. The van der Waals surface area contributed by atoms with Crippen LogP contribution in [0.5, 0.6) is 5.75 Å². The highest BCUT2D eigenvalue weighted by Gasteiger charge is 2.15. The van der Waals surface area contributed by atoms with Crippen LogP contribution in [0.15, 0.2) is 54.2 Å². The van der Waals surface area contributed by atoms with Crippen molar-refractivity contribution in [3.8, 4) is 5.75 Å². The number of methoxy groups -OCH3 is 2. The van der Waals surface area contributed by atoms with Gasteiger partial charge in [0.25, 0.3) is 0 Å². The zero-order chi connectivity index (χ0) is 18.9. The Labute approximate surface area is 150 Å². The lowest BCUT2D eigenvalue weighted by Gasteiger charge is -2.10. The molecule has 0 atom stereocenters. The van der Waals surface area contributed by atoms with Crippen LogP contribution in [0.25, 0.3) is 6.08 Å². The Hall–Kier alpha value is -3.35. The molecule has 0 bridgehead atoms. The van der Waals surface area contributed by atoms with Crippen molar-refractivity contribution < 1.29 is 28.2 Å². The second kappa shape index (κ2) is 9.22. The number of amides is 1. The molecule has 2 aromatic carbocycles. The number of hydrogen-bond donors (Lipinski definition) is 1. The Morgan fingerprint density at radius 1 is 1.12 bits per heavy atom. The Balaban J connectivity index is 2.11. The first-order chi connectivity index (χ1) is 12.5. The van der Waals surface area contributed by atoms with Gasteiger partial charge in [-0.3, -0.25) is 5.32 Å². The van der Waals surface area contributed by atoms with Crippen molar-refractivity contribution >= 4 is 18.1 Å². The standard InChI is InChI=1S/C19H18FNO5/c1-24-17-11-14(8-9-15(17)20)10-16(18(22)25-2)21-19(23)26-12-13-6-4-3-5-7-13/h3-11H,12H2,1-2H3,(H,21,23)/b16-10-. The van der Waals surface area contributed by atoms with Gasteiger partial charge in [0.15, 0.2) is 11.6 Å². The quantitative estimate of drug-likeness (QED) is 0.633. The van der Waals surface area contributed by atoms with Crippen molar-refractivity contribution in [3.63, 3.8) is 0 Å². The summed E-state index contributed by atoms with van der Waals surface area (Å²) in [6, 6.07) is 13.1. The second-order valence-corrected chi connectivity index (χ2v) is 5.13. The van der Waals surface area contributed by atoms with Gasteiger partial charge in [-0.25, -0.2) is 14.0 Å². The molecule has 6 nitrogen and oxygen atoms in total. The number of halogens is 1. The predicted octanol–water partition coefficient (Wildman–Crippen LogP) is 3.27. The van der Waals surface area contributed by atoms with Gasteiger partial charge in [-0.2, -0.15) is 0 Å². The number of carbonyl (C=O) groups is 2. The maximum atomic E-state index is 13.5. The van der Waals surface area contributed by atoms with E-state index in [1.54, 1.807) is 12.1 Å². The number of carbonyl (C=O) groups excluding carboxylic acids is 2. The van der Waals surface area contributed by atoms with Gasteiger partial charge in [0.05, 0.1) is 14.2 Å². The summed E-state index contributed by atoms with van der Waals surface area (Å²) in [5, 5.41) is 2.33. The van der Waals surface area contributed by atoms with E-state index in [9.17, 15) is 14.0 Å². The molecule has 7 heteroatoms. The van der Waals surface area contributed by atoms with Crippen LogP contribution < -0.4 is 10.1 Å². The average Bonchev–Trinajstić information content (AvgIpc) is 2.67. The van der Waals surface area contributed by atoms with Crippen LogP contribution in [0.4, 0.5) is 9.18 Å². The van der Waals surface area contributed by atoms with Gasteiger partial charge in [-0.1, -0.05) is 36.4 Å². The summed E-state index contributed by atoms with van der Waals surface area (Å²) in [6.07, 6.45) is 0.511. The fraction of sp³-hybridized carbons (Fsp3) is 0.158. The Morgan fingerprint density at radius 3 is 2.50 bits per heavy atom. The molecule has 0 fully saturated rings. The molecule has 0 aliphatic rings. The van der Waals surface area contributed by atoms with Crippen LogP contribution in [0.3, 0.4) is 0 Å². The second-order valence-electron chi connectivity index (χ2n) is 5.13. The van der Waals surface area contributed by atoms with Crippen LogP contribution in [0.2, 0.25) is 0 Å². The number of rotatable bonds is 6. The molecule has 0 radical (unpaired) electrons. The molecule has 0 saturated heterocycles. The van der Waals surface area contributed by atoms with Crippen molar-refractivity contribution in [2.75, 3.05) is 14.2 Å². The third kappa shape index (κ3) is 5.34. The molecule has 2 aromatic rings. The SMILES string of the molecule is COC(=O)/C(=C/c1ccc(F)c(OC)c1)NC(=O)OCc1ccccc1. The van der Waals surface area contributed by atoms with Crippen molar-refractivity contribution in [1.82, 2.24) is 5.32 Å². The third-order valence-electron chi connectivity index (χ3n) is 3.34. The summed E-state index contributed by atoms with van der Waals surface area (Å²) in [5.74, 6) is -1.31. The van der Waals surface area contributed by atoms with Gasteiger partial charge in [-0.05, 0) is 29.3 Å². The van der Waals surface area contributed by atoms with E-state index in [2.05, 4.69) is 10.1 Å². The van der Waals surface area contributed by atoms with E-state index in [0.29, 0.717) is 5.56 Å². The van der Waals surface area contributed by atoms with Crippen molar-refractivity contribution in [2.24, 2.45) is 0 Å². The molecule has 0 spiro atoms. The van der Waals surface area contributed by atoms with Gasteiger partial charge in [-0.15, -0.1) is 0 Å². The van der Waals surface area contributed by atoms with Crippen LogP contribution in [0, 0.1) is 5.82 Å². The van der Waals surface area contributed by atoms with Crippen LogP contribution in [-0.2, 0) is 20.9 Å². The van der Waals surface area contributed by atoms with Gasteiger partial charge in [0.1, 0.15) is 12.3 Å². The fourth-order valence-corrected chi connectivity index (χ4v) is 2.06. The number of esters is 1. The average molecular weight is 359 g/mol. The molecule has 0 saturated carbocycles. The first kappa shape index (κ1) is 19.0. The summed E-state index contributed by atoms with van der Waals surface area (Å²) < 4.78 is 28.1. The fourth-order valence-electron chi connectivity index (χ4n) is 2.06. The summed E-state index contributed by atoms with van der Waals surface area (Å²) in [6.45, 7) is 0.0471. The highest BCUT2D eigenvalue weighted by atomic mass is 19.1. The highest BCUT2D eigenvalue weighted by molar-refractivity contribution is 5.96. The molecule has 2 rings (SSSR count). The maximum Gasteiger partial charge on any atom is 0.412 e. The minimum Gasteiger partial charge on any atom is -0.494 e. The summed E-state index contributed by atoms with van der Waals surface area (Å²) in [5.41, 5.74) is 1.08. The molecular formula is C19H18FNO5. The number of hydrogen-bond acceptors (Lipinski definition) is 5. The lowest BCUT2D eigenvalue weighted by molar-refractivity contribution is -0.136. The largest absolute Gasteiger partial charge is 0.494 e. The zero-order valence-electron chi connectivity index (χ0n) is 14.3. The summed E-state index contributed by atoms with van der Waals surface area (Å²) in [4.78, 5) is 23.8. The van der Waals surface area contributed by atoms with Gasteiger partial charge in [0.2, 0.25) is 0 Å². The topological polar surface area (TPSA) is 73.9 Å². The van der Waals surface area contributed by atoms with Crippen LogP contribution in [-0.4, -0.2) is 26.3 Å². The van der Waals surface area contributed by atoms with E-state index >= 15 is 0 Å². The monoisotopic (exact) mass is 359 g/mol. The van der Waals surface area contributed by atoms with Gasteiger partial charge in [0, 0.05) is 0 Å². The van der Waals surface area contributed by atoms with E-state index in [1.807, 2.05) is 18.2 Å². The molecule has 26 heavy (non-hydrogen) atoms. The molecular weight excluding hydrogens is 341 g/mol. The van der Waals surface area contributed by atoms with E-state index in [4.69, 9.17) is 9.47 Å². The molecule has 1 N–H and O–H groups in total. The number of ether oxygens (including phenoxy) is 3. The van der Waals surface area contributed by atoms with Gasteiger partial charge < -0.3 is 14.2 Å². The molecule has 0 unspecified atom stereocenters. The Morgan fingerprint density at radius 2 is 1.85 bits per heavy atom. The van der Waals surface area contributed by atoms with E-state index in [0.717, 1.165) is 5.56 Å². The third-order valence-corrected chi connectivity index (χ3v) is 3.34. The minimum absolute atomic E-state index is 0.00891.